The number of benzene rings is 2. The lowest BCUT2D eigenvalue weighted by atomic mass is 10.1. The molecule has 1 aliphatic rings. The van der Waals surface area contributed by atoms with Crippen LogP contribution in [0, 0.1) is 0 Å². The molecule has 1 fully saturated rings. The molecule has 0 bridgehead atoms. The minimum atomic E-state index is 0.226. The molecule has 0 aromatic heterocycles. The van der Waals surface area contributed by atoms with Crippen molar-refractivity contribution in [2.24, 2.45) is 4.99 Å². The summed E-state index contributed by atoms with van der Waals surface area (Å²) < 4.78 is 10.7. The topological polar surface area (TPSA) is 78.4 Å². The van der Waals surface area contributed by atoms with Crippen molar-refractivity contribution in [1.29, 1.82) is 0 Å². The van der Waals surface area contributed by atoms with Gasteiger partial charge in [-0.1, -0.05) is 24.3 Å². The average molecular weight is 399 g/mol. The standard InChI is InChI=1S/C22H30N4O3/c1-23-22(25-15-19-13-20(28-2)7-8-21(19)27)24-14-17-5-3-4-6-18(17)16-26-9-11-29-12-10-26/h3-8,13,27H,9-12,14-16H2,1-2H3,(H2,23,24,25). The van der Waals surface area contributed by atoms with E-state index in [-0.39, 0.29) is 5.75 Å². The van der Waals surface area contributed by atoms with E-state index in [9.17, 15) is 5.11 Å². The van der Waals surface area contributed by atoms with Crippen molar-refractivity contribution in [3.63, 3.8) is 0 Å². The summed E-state index contributed by atoms with van der Waals surface area (Å²) in [5.74, 6) is 1.61. The first-order valence-corrected chi connectivity index (χ1v) is 9.87. The molecule has 0 saturated carbocycles. The van der Waals surface area contributed by atoms with Gasteiger partial charge in [0.1, 0.15) is 11.5 Å². The number of rotatable bonds is 7. The Kier molecular flexibility index (Phi) is 7.72. The lowest BCUT2D eigenvalue weighted by Gasteiger charge is -2.27. The Morgan fingerprint density at radius 3 is 2.45 bits per heavy atom. The molecule has 7 nitrogen and oxygen atoms in total. The third kappa shape index (κ3) is 6.10. The highest BCUT2D eigenvalue weighted by Crippen LogP contribution is 2.22. The van der Waals surface area contributed by atoms with Crippen LogP contribution in [0.15, 0.2) is 47.5 Å². The van der Waals surface area contributed by atoms with Crippen LogP contribution in [0.4, 0.5) is 0 Å². The van der Waals surface area contributed by atoms with Crippen LogP contribution < -0.4 is 15.4 Å². The molecule has 3 rings (SSSR count). The van der Waals surface area contributed by atoms with Crippen LogP contribution in [0.2, 0.25) is 0 Å². The summed E-state index contributed by atoms with van der Waals surface area (Å²) in [5, 5.41) is 16.7. The first kappa shape index (κ1) is 21.0. The largest absolute Gasteiger partial charge is 0.508 e. The van der Waals surface area contributed by atoms with Gasteiger partial charge in [-0.2, -0.15) is 0 Å². The molecule has 0 radical (unpaired) electrons. The number of phenolic OH excluding ortho intramolecular Hbond substituents is 1. The van der Waals surface area contributed by atoms with E-state index in [2.05, 4.69) is 44.8 Å². The van der Waals surface area contributed by atoms with E-state index in [1.165, 1.54) is 11.1 Å². The van der Waals surface area contributed by atoms with Crippen LogP contribution in [0.25, 0.3) is 0 Å². The fourth-order valence-electron chi connectivity index (χ4n) is 3.29. The molecule has 0 spiro atoms. The zero-order valence-electron chi connectivity index (χ0n) is 17.1. The van der Waals surface area contributed by atoms with Crippen LogP contribution in [0.5, 0.6) is 11.5 Å². The highest BCUT2D eigenvalue weighted by Gasteiger charge is 2.13. The van der Waals surface area contributed by atoms with Crippen molar-refractivity contribution in [2.75, 3.05) is 40.5 Å². The van der Waals surface area contributed by atoms with Gasteiger partial charge < -0.3 is 25.2 Å². The number of guanidine groups is 1. The first-order valence-electron chi connectivity index (χ1n) is 9.87. The molecule has 0 aliphatic carbocycles. The lowest BCUT2D eigenvalue weighted by Crippen LogP contribution is -2.37. The van der Waals surface area contributed by atoms with Gasteiger partial charge in [0.15, 0.2) is 5.96 Å². The van der Waals surface area contributed by atoms with Crippen LogP contribution in [-0.4, -0.2) is 56.4 Å². The average Bonchev–Trinajstić information content (AvgIpc) is 2.76. The highest BCUT2D eigenvalue weighted by molar-refractivity contribution is 5.79. The lowest BCUT2D eigenvalue weighted by molar-refractivity contribution is 0.0341. The smallest absolute Gasteiger partial charge is 0.191 e. The second-order valence-corrected chi connectivity index (χ2v) is 6.93. The van der Waals surface area contributed by atoms with Crippen molar-refractivity contribution >= 4 is 5.96 Å². The van der Waals surface area contributed by atoms with Crippen LogP contribution in [0.1, 0.15) is 16.7 Å². The number of nitrogens with zero attached hydrogens (tertiary/aromatic N) is 2. The molecular weight excluding hydrogens is 368 g/mol. The molecule has 29 heavy (non-hydrogen) atoms. The number of morpholine rings is 1. The molecule has 2 aromatic carbocycles. The molecular formula is C22H30N4O3. The van der Waals surface area contributed by atoms with Crippen molar-refractivity contribution in [3.05, 3.63) is 59.2 Å². The van der Waals surface area contributed by atoms with Crippen LogP contribution >= 0.6 is 0 Å². The molecule has 1 heterocycles. The number of aromatic hydroxyl groups is 1. The first-order chi connectivity index (χ1) is 14.2. The van der Waals surface area contributed by atoms with Crippen molar-refractivity contribution < 1.29 is 14.6 Å². The number of phenols is 1. The maximum Gasteiger partial charge on any atom is 0.191 e. The summed E-state index contributed by atoms with van der Waals surface area (Å²) in [5.41, 5.74) is 3.30. The van der Waals surface area contributed by atoms with Gasteiger partial charge in [-0.15, -0.1) is 0 Å². The number of methoxy groups -OCH3 is 1. The van der Waals surface area contributed by atoms with Gasteiger partial charge in [0, 0.05) is 45.3 Å². The molecule has 0 atom stereocenters. The minimum Gasteiger partial charge on any atom is -0.508 e. The van der Waals surface area contributed by atoms with E-state index in [1.807, 2.05) is 6.07 Å². The molecule has 156 valence electrons. The third-order valence-electron chi connectivity index (χ3n) is 5.02. The monoisotopic (exact) mass is 398 g/mol. The van der Waals surface area contributed by atoms with Crippen molar-refractivity contribution in [1.82, 2.24) is 15.5 Å². The Bertz CT molecular complexity index is 819. The molecule has 0 amide bonds. The van der Waals surface area contributed by atoms with Gasteiger partial charge in [0.2, 0.25) is 0 Å². The van der Waals surface area contributed by atoms with Gasteiger partial charge in [0.25, 0.3) is 0 Å². The summed E-state index contributed by atoms with van der Waals surface area (Å²) in [6.07, 6.45) is 0. The molecule has 2 aromatic rings. The molecule has 0 unspecified atom stereocenters. The second kappa shape index (κ2) is 10.7. The zero-order valence-corrected chi connectivity index (χ0v) is 17.1. The maximum absolute atomic E-state index is 10.0. The fraction of sp³-hybridized carbons (Fsp3) is 0.409. The number of ether oxygens (including phenoxy) is 2. The normalized spacial score (nSPS) is 15.2. The third-order valence-corrected chi connectivity index (χ3v) is 5.02. The molecule has 1 saturated heterocycles. The van der Waals surface area contributed by atoms with E-state index >= 15 is 0 Å². The molecule has 1 aliphatic heterocycles. The highest BCUT2D eigenvalue weighted by atomic mass is 16.5. The zero-order chi connectivity index (χ0) is 20.5. The Hall–Kier alpha value is -2.77. The number of aliphatic imine (C=N–C) groups is 1. The van der Waals surface area contributed by atoms with Crippen molar-refractivity contribution in [3.8, 4) is 11.5 Å². The quantitative estimate of drug-likeness (QED) is 0.490. The Morgan fingerprint density at radius 1 is 1.07 bits per heavy atom. The maximum atomic E-state index is 10.0. The predicted molar refractivity (Wildman–Crippen MR) is 114 cm³/mol. The summed E-state index contributed by atoms with van der Waals surface area (Å²) in [6, 6.07) is 13.6. The fourth-order valence-corrected chi connectivity index (χ4v) is 3.29. The SMILES string of the molecule is CN=C(NCc1cc(OC)ccc1O)NCc1ccccc1CN1CCOCC1. The summed E-state index contributed by atoms with van der Waals surface area (Å²) in [7, 11) is 3.35. The van der Waals surface area contributed by atoms with Gasteiger partial charge >= 0.3 is 0 Å². The Morgan fingerprint density at radius 2 is 1.76 bits per heavy atom. The van der Waals surface area contributed by atoms with E-state index < -0.39 is 0 Å². The van der Waals surface area contributed by atoms with E-state index in [1.54, 1.807) is 26.3 Å². The minimum absolute atomic E-state index is 0.226. The number of hydrogen-bond acceptors (Lipinski definition) is 5. The van der Waals surface area contributed by atoms with Crippen LogP contribution in [0.3, 0.4) is 0 Å². The second-order valence-electron chi connectivity index (χ2n) is 6.93. The molecule has 7 heteroatoms. The Balaban J connectivity index is 1.57. The van der Waals surface area contributed by atoms with Gasteiger partial charge in [-0.25, -0.2) is 0 Å². The molecule has 3 N–H and O–H groups in total. The van der Waals surface area contributed by atoms with Gasteiger partial charge in [-0.05, 0) is 29.3 Å². The number of nitrogens with one attached hydrogen (secondary N) is 2. The van der Waals surface area contributed by atoms with Gasteiger partial charge in [-0.3, -0.25) is 9.89 Å². The Labute approximate surface area is 172 Å². The van der Waals surface area contributed by atoms with Crippen LogP contribution in [-0.2, 0) is 24.4 Å². The summed E-state index contributed by atoms with van der Waals surface area (Å²) >= 11 is 0. The predicted octanol–water partition coefficient (Wildman–Crippen LogP) is 2.10. The van der Waals surface area contributed by atoms with E-state index in [0.29, 0.717) is 24.8 Å². The van der Waals surface area contributed by atoms with Crippen molar-refractivity contribution in [2.45, 2.75) is 19.6 Å². The summed E-state index contributed by atoms with van der Waals surface area (Å²) in [4.78, 5) is 6.71. The van der Waals surface area contributed by atoms with E-state index in [0.717, 1.165) is 38.4 Å². The van der Waals surface area contributed by atoms with Gasteiger partial charge in [0.05, 0.1) is 20.3 Å². The number of hydrogen-bond donors (Lipinski definition) is 3. The summed E-state index contributed by atoms with van der Waals surface area (Å²) in [6.45, 7) is 5.57. The van der Waals surface area contributed by atoms with E-state index in [4.69, 9.17) is 9.47 Å².